The molecular weight excluding hydrogens is 281 g/mol. The first-order valence-corrected chi connectivity index (χ1v) is 7.43. The van der Waals surface area contributed by atoms with Crippen molar-refractivity contribution < 1.29 is 0 Å². The normalized spacial score (nSPS) is 11.7. The minimum atomic E-state index is 0.441. The van der Waals surface area contributed by atoms with E-state index in [4.69, 9.17) is 33.9 Å². The van der Waals surface area contributed by atoms with Crippen LogP contribution in [0.3, 0.4) is 0 Å². The monoisotopic (exact) mass is 299 g/mol. The molecule has 5 heteroatoms. The molecule has 0 amide bonds. The van der Waals surface area contributed by atoms with Gasteiger partial charge in [-0.25, -0.2) is 4.98 Å². The Labute approximate surface area is 123 Å². The molecule has 104 valence electrons. The summed E-state index contributed by atoms with van der Waals surface area (Å²) in [7, 11) is 0. The first kappa shape index (κ1) is 14.6. The molecule has 1 aromatic heterocycles. The molecule has 0 aliphatic heterocycles. The van der Waals surface area contributed by atoms with Gasteiger partial charge in [0, 0.05) is 19.0 Å². The van der Waals surface area contributed by atoms with E-state index in [0.29, 0.717) is 22.5 Å². The molecule has 19 heavy (non-hydrogen) atoms. The van der Waals surface area contributed by atoms with Crippen LogP contribution >= 0.6 is 23.2 Å². The topological polar surface area (TPSA) is 43.8 Å². The van der Waals surface area contributed by atoms with Crippen molar-refractivity contribution in [2.24, 2.45) is 5.73 Å². The molecule has 2 aromatic rings. The Morgan fingerprint density at radius 3 is 2.42 bits per heavy atom. The predicted octanol–water partition coefficient (Wildman–Crippen LogP) is 4.21. The second-order valence-corrected chi connectivity index (χ2v) is 5.49. The van der Waals surface area contributed by atoms with Gasteiger partial charge in [-0.3, -0.25) is 0 Å². The molecule has 0 bridgehead atoms. The van der Waals surface area contributed by atoms with Crippen LogP contribution in [0.4, 0.5) is 0 Å². The van der Waals surface area contributed by atoms with Crippen LogP contribution in [-0.4, -0.2) is 16.1 Å². The summed E-state index contributed by atoms with van der Waals surface area (Å²) in [5.41, 5.74) is 7.63. The highest BCUT2D eigenvalue weighted by Crippen LogP contribution is 2.31. The highest BCUT2D eigenvalue weighted by atomic mass is 35.5. The highest BCUT2D eigenvalue weighted by Gasteiger charge is 2.18. The van der Waals surface area contributed by atoms with E-state index >= 15 is 0 Å². The molecule has 1 aromatic carbocycles. The summed E-state index contributed by atoms with van der Waals surface area (Å²) >= 11 is 12.2. The lowest BCUT2D eigenvalue weighted by atomic mass is 10.0. The summed E-state index contributed by atoms with van der Waals surface area (Å²) in [5, 5.41) is 1.10. The quantitative estimate of drug-likeness (QED) is 0.899. The van der Waals surface area contributed by atoms with Crippen molar-refractivity contribution in [3.63, 3.8) is 0 Å². The Morgan fingerprint density at radius 2 is 1.84 bits per heavy atom. The van der Waals surface area contributed by atoms with Gasteiger partial charge in [0.05, 0.1) is 21.1 Å². The van der Waals surface area contributed by atoms with Crippen molar-refractivity contribution >= 4 is 34.2 Å². The fourth-order valence-electron chi connectivity index (χ4n) is 2.47. The standard InChI is InChI=1S/C14H19Cl2N3/c1-3-9(4-2)14-18-12-7-10(15)11(16)8-13(12)19(14)6-5-17/h7-9H,3-6,17H2,1-2H3. The Bertz CT molecular complexity index is 574. The fourth-order valence-corrected chi connectivity index (χ4v) is 2.78. The van der Waals surface area contributed by atoms with E-state index in [9.17, 15) is 0 Å². The van der Waals surface area contributed by atoms with Gasteiger partial charge in [0.1, 0.15) is 5.82 Å². The molecule has 0 saturated heterocycles. The zero-order chi connectivity index (χ0) is 14.0. The summed E-state index contributed by atoms with van der Waals surface area (Å²) in [4.78, 5) is 4.74. The zero-order valence-corrected chi connectivity index (χ0v) is 12.8. The number of fused-ring (bicyclic) bond motifs is 1. The Morgan fingerprint density at radius 1 is 1.21 bits per heavy atom. The van der Waals surface area contributed by atoms with E-state index in [-0.39, 0.29) is 0 Å². The van der Waals surface area contributed by atoms with E-state index in [1.807, 2.05) is 12.1 Å². The Hall–Kier alpha value is -0.770. The minimum Gasteiger partial charge on any atom is -0.329 e. The molecule has 2 rings (SSSR count). The molecule has 0 radical (unpaired) electrons. The van der Waals surface area contributed by atoms with E-state index in [1.165, 1.54) is 0 Å². The second-order valence-electron chi connectivity index (χ2n) is 4.68. The predicted molar refractivity (Wildman–Crippen MR) is 82.1 cm³/mol. The van der Waals surface area contributed by atoms with Crippen molar-refractivity contribution in [3.05, 3.63) is 28.0 Å². The first-order valence-electron chi connectivity index (χ1n) is 6.67. The SMILES string of the molecule is CCC(CC)c1nc2cc(Cl)c(Cl)cc2n1CCN. The van der Waals surface area contributed by atoms with Gasteiger partial charge in [-0.1, -0.05) is 37.0 Å². The van der Waals surface area contributed by atoms with Crippen LogP contribution in [0.1, 0.15) is 38.4 Å². The van der Waals surface area contributed by atoms with Crippen molar-refractivity contribution in [3.8, 4) is 0 Å². The largest absolute Gasteiger partial charge is 0.329 e. The molecule has 0 aliphatic carbocycles. The average Bonchev–Trinajstić information content (AvgIpc) is 2.71. The van der Waals surface area contributed by atoms with E-state index in [0.717, 1.165) is 36.2 Å². The lowest BCUT2D eigenvalue weighted by Gasteiger charge is -2.14. The maximum absolute atomic E-state index is 6.11. The third kappa shape index (κ3) is 2.73. The van der Waals surface area contributed by atoms with E-state index < -0.39 is 0 Å². The van der Waals surface area contributed by atoms with Gasteiger partial charge >= 0.3 is 0 Å². The van der Waals surface area contributed by atoms with Gasteiger partial charge < -0.3 is 10.3 Å². The van der Waals surface area contributed by atoms with Crippen molar-refractivity contribution in [1.82, 2.24) is 9.55 Å². The number of benzene rings is 1. The summed E-state index contributed by atoms with van der Waals surface area (Å²) < 4.78 is 2.18. The summed E-state index contributed by atoms with van der Waals surface area (Å²) in [6, 6.07) is 3.71. The van der Waals surface area contributed by atoms with Crippen molar-refractivity contribution in [1.29, 1.82) is 0 Å². The van der Waals surface area contributed by atoms with Crippen LogP contribution in [0.25, 0.3) is 11.0 Å². The zero-order valence-electron chi connectivity index (χ0n) is 11.3. The van der Waals surface area contributed by atoms with Gasteiger partial charge in [0.25, 0.3) is 0 Å². The number of halogens is 2. The van der Waals surface area contributed by atoms with Crippen molar-refractivity contribution in [2.45, 2.75) is 39.2 Å². The van der Waals surface area contributed by atoms with E-state index in [1.54, 1.807) is 0 Å². The lowest BCUT2D eigenvalue weighted by Crippen LogP contribution is -2.14. The number of aromatic nitrogens is 2. The number of nitrogens with zero attached hydrogens (tertiary/aromatic N) is 2. The maximum atomic E-state index is 6.11. The molecule has 3 nitrogen and oxygen atoms in total. The molecule has 0 spiro atoms. The molecular formula is C14H19Cl2N3. The van der Waals surface area contributed by atoms with Gasteiger partial charge in [0.15, 0.2) is 0 Å². The molecule has 0 saturated carbocycles. The molecule has 0 aliphatic rings. The molecule has 0 atom stereocenters. The maximum Gasteiger partial charge on any atom is 0.113 e. The lowest BCUT2D eigenvalue weighted by molar-refractivity contribution is 0.556. The average molecular weight is 300 g/mol. The number of imidazole rings is 1. The molecule has 0 fully saturated rings. The van der Waals surface area contributed by atoms with Gasteiger partial charge in [0.2, 0.25) is 0 Å². The molecule has 1 heterocycles. The molecule has 0 unspecified atom stereocenters. The first-order chi connectivity index (χ1) is 9.12. The van der Waals surface area contributed by atoms with Crippen LogP contribution in [-0.2, 0) is 6.54 Å². The van der Waals surface area contributed by atoms with E-state index in [2.05, 4.69) is 18.4 Å². The second kappa shape index (κ2) is 6.12. The Balaban J connectivity index is 2.65. The summed E-state index contributed by atoms with van der Waals surface area (Å²) in [6.07, 6.45) is 2.12. The Kier molecular flexibility index (Phi) is 4.71. The van der Waals surface area contributed by atoms with Gasteiger partial charge in [-0.2, -0.15) is 0 Å². The number of nitrogens with two attached hydrogens (primary N) is 1. The highest BCUT2D eigenvalue weighted by molar-refractivity contribution is 6.42. The third-order valence-corrected chi connectivity index (χ3v) is 4.25. The number of hydrogen-bond acceptors (Lipinski definition) is 2. The van der Waals surface area contributed by atoms with Gasteiger partial charge in [-0.15, -0.1) is 0 Å². The van der Waals surface area contributed by atoms with Crippen LogP contribution in [0, 0.1) is 0 Å². The number of hydrogen-bond donors (Lipinski definition) is 1. The fraction of sp³-hybridized carbons (Fsp3) is 0.500. The van der Waals surface area contributed by atoms with Crippen LogP contribution in [0.5, 0.6) is 0 Å². The van der Waals surface area contributed by atoms with Crippen LogP contribution in [0.2, 0.25) is 10.0 Å². The summed E-state index contributed by atoms with van der Waals surface area (Å²) in [5.74, 6) is 1.53. The van der Waals surface area contributed by atoms with Crippen LogP contribution < -0.4 is 5.73 Å². The van der Waals surface area contributed by atoms with Crippen molar-refractivity contribution in [2.75, 3.05) is 6.54 Å². The minimum absolute atomic E-state index is 0.441. The smallest absolute Gasteiger partial charge is 0.113 e. The number of rotatable bonds is 5. The molecule has 2 N–H and O–H groups in total. The van der Waals surface area contributed by atoms with Gasteiger partial charge in [-0.05, 0) is 25.0 Å². The van der Waals surface area contributed by atoms with Crippen LogP contribution in [0.15, 0.2) is 12.1 Å². The third-order valence-electron chi connectivity index (χ3n) is 3.52. The summed E-state index contributed by atoms with van der Waals surface area (Å²) in [6.45, 7) is 5.69.